The summed E-state index contributed by atoms with van der Waals surface area (Å²) in [4.78, 5) is 0. The van der Waals surface area contributed by atoms with Gasteiger partial charge < -0.3 is 19.8 Å². The first-order chi connectivity index (χ1) is 9.79. The minimum absolute atomic E-state index is 0.0905. The zero-order chi connectivity index (χ0) is 14.2. The molecule has 1 atom stereocenters. The third-order valence-corrected chi connectivity index (χ3v) is 3.55. The third-order valence-electron chi connectivity index (χ3n) is 3.55. The molecular weight excluding hydrogens is 256 g/mol. The normalized spacial score (nSPS) is 17.5. The van der Waals surface area contributed by atoms with E-state index in [0.29, 0.717) is 31.2 Å². The van der Waals surface area contributed by atoms with Gasteiger partial charge in [0, 0.05) is 6.54 Å². The standard InChI is InChI=1S/C14H26N4O2/c1-3-8-15-11(2)13-17-18-14(20-13)16-9-10-19-12-6-4-5-7-12/h11-12,15H,3-10H2,1-2H3,(H,16,18). The molecule has 0 aromatic carbocycles. The molecule has 0 saturated heterocycles. The Morgan fingerprint density at radius 1 is 1.30 bits per heavy atom. The van der Waals surface area contributed by atoms with Gasteiger partial charge in [-0.25, -0.2) is 0 Å². The van der Waals surface area contributed by atoms with Crippen molar-refractivity contribution >= 4 is 6.01 Å². The van der Waals surface area contributed by atoms with Crippen molar-refractivity contribution in [2.45, 2.75) is 58.1 Å². The van der Waals surface area contributed by atoms with E-state index in [1.54, 1.807) is 0 Å². The van der Waals surface area contributed by atoms with Crippen molar-refractivity contribution in [2.24, 2.45) is 0 Å². The van der Waals surface area contributed by atoms with E-state index in [-0.39, 0.29) is 6.04 Å². The van der Waals surface area contributed by atoms with Gasteiger partial charge in [0.05, 0.1) is 18.8 Å². The van der Waals surface area contributed by atoms with Crippen LogP contribution in [0.3, 0.4) is 0 Å². The van der Waals surface area contributed by atoms with Gasteiger partial charge >= 0.3 is 6.01 Å². The van der Waals surface area contributed by atoms with Crippen LogP contribution >= 0.6 is 0 Å². The first-order valence-electron chi connectivity index (χ1n) is 7.72. The van der Waals surface area contributed by atoms with Crippen molar-refractivity contribution < 1.29 is 9.15 Å². The molecule has 0 radical (unpaired) electrons. The van der Waals surface area contributed by atoms with Gasteiger partial charge in [-0.1, -0.05) is 24.9 Å². The SMILES string of the molecule is CCCNC(C)c1nnc(NCCOC2CCCC2)o1. The predicted molar refractivity (Wildman–Crippen MR) is 77.7 cm³/mol. The molecule has 1 heterocycles. The first kappa shape index (κ1) is 15.3. The Balaban J connectivity index is 1.64. The smallest absolute Gasteiger partial charge is 0.315 e. The summed E-state index contributed by atoms with van der Waals surface area (Å²) in [5, 5.41) is 14.5. The van der Waals surface area contributed by atoms with E-state index in [1.165, 1.54) is 25.7 Å². The highest BCUT2D eigenvalue weighted by atomic mass is 16.5. The lowest BCUT2D eigenvalue weighted by molar-refractivity contribution is 0.0656. The number of hydrogen-bond donors (Lipinski definition) is 2. The highest BCUT2D eigenvalue weighted by Crippen LogP contribution is 2.20. The molecular formula is C14H26N4O2. The van der Waals surface area contributed by atoms with Gasteiger partial charge in [0.15, 0.2) is 0 Å². The maximum atomic E-state index is 5.77. The molecule has 0 bridgehead atoms. The van der Waals surface area contributed by atoms with Crippen molar-refractivity contribution in [1.29, 1.82) is 0 Å². The van der Waals surface area contributed by atoms with Crippen LogP contribution < -0.4 is 10.6 Å². The highest BCUT2D eigenvalue weighted by molar-refractivity contribution is 5.16. The molecule has 1 aromatic heterocycles. The number of ether oxygens (including phenoxy) is 1. The van der Waals surface area contributed by atoms with Crippen LogP contribution in [0.1, 0.15) is 57.9 Å². The van der Waals surface area contributed by atoms with Crippen molar-refractivity contribution in [3.63, 3.8) is 0 Å². The van der Waals surface area contributed by atoms with E-state index in [4.69, 9.17) is 9.15 Å². The second-order valence-corrected chi connectivity index (χ2v) is 5.33. The maximum absolute atomic E-state index is 5.77. The lowest BCUT2D eigenvalue weighted by Gasteiger charge is -2.10. The Kier molecular flexibility index (Phi) is 6.26. The Morgan fingerprint density at radius 3 is 2.85 bits per heavy atom. The van der Waals surface area contributed by atoms with Gasteiger partial charge in [0.1, 0.15) is 0 Å². The second-order valence-electron chi connectivity index (χ2n) is 5.33. The number of anilines is 1. The lowest BCUT2D eigenvalue weighted by atomic mass is 10.3. The van der Waals surface area contributed by atoms with Crippen molar-refractivity contribution in [3.8, 4) is 0 Å². The van der Waals surface area contributed by atoms with E-state index < -0.39 is 0 Å². The van der Waals surface area contributed by atoms with Crippen LogP contribution in [0.2, 0.25) is 0 Å². The molecule has 114 valence electrons. The fourth-order valence-electron chi connectivity index (χ4n) is 2.37. The molecule has 1 saturated carbocycles. The molecule has 0 spiro atoms. The zero-order valence-corrected chi connectivity index (χ0v) is 12.5. The largest absolute Gasteiger partial charge is 0.406 e. The Morgan fingerprint density at radius 2 is 2.10 bits per heavy atom. The van der Waals surface area contributed by atoms with Crippen LogP contribution in [0.15, 0.2) is 4.42 Å². The topological polar surface area (TPSA) is 72.2 Å². The number of nitrogens with one attached hydrogen (secondary N) is 2. The quantitative estimate of drug-likeness (QED) is 0.678. The average molecular weight is 282 g/mol. The van der Waals surface area contributed by atoms with E-state index in [2.05, 4.69) is 27.8 Å². The van der Waals surface area contributed by atoms with Gasteiger partial charge in [-0.2, -0.15) is 0 Å². The predicted octanol–water partition coefficient (Wildman–Crippen LogP) is 2.50. The number of hydrogen-bond acceptors (Lipinski definition) is 6. The average Bonchev–Trinajstić information content (AvgIpc) is 3.12. The summed E-state index contributed by atoms with van der Waals surface area (Å²) in [5.41, 5.74) is 0. The third kappa shape index (κ3) is 4.76. The molecule has 1 aliphatic carbocycles. The fraction of sp³-hybridized carbons (Fsp3) is 0.857. The van der Waals surface area contributed by atoms with Gasteiger partial charge in [-0.3, -0.25) is 0 Å². The summed E-state index contributed by atoms with van der Waals surface area (Å²) in [6.45, 7) is 6.49. The summed E-state index contributed by atoms with van der Waals surface area (Å²) >= 11 is 0. The zero-order valence-electron chi connectivity index (χ0n) is 12.5. The van der Waals surface area contributed by atoms with Crippen LogP contribution in [0.5, 0.6) is 0 Å². The second kappa shape index (κ2) is 8.21. The molecule has 2 N–H and O–H groups in total. The molecule has 2 rings (SSSR count). The van der Waals surface area contributed by atoms with Crippen molar-refractivity contribution in [2.75, 3.05) is 25.0 Å². The van der Waals surface area contributed by atoms with Gasteiger partial charge in [-0.05, 0) is 32.7 Å². The Bertz CT molecular complexity index is 377. The van der Waals surface area contributed by atoms with Crippen molar-refractivity contribution in [1.82, 2.24) is 15.5 Å². The highest BCUT2D eigenvalue weighted by Gasteiger charge is 2.15. The number of rotatable bonds is 9. The molecule has 1 fully saturated rings. The molecule has 1 unspecified atom stereocenters. The maximum Gasteiger partial charge on any atom is 0.315 e. The minimum atomic E-state index is 0.0905. The van der Waals surface area contributed by atoms with E-state index in [0.717, 1.165) is 13.0 Å². The molecule has 6 nitrogen and oxygen atoms in total. The molecule has 1 aliphatic rings. The lowest BCUT2D eigenvalue weighted by Crippen LogP contribution is -2.19. The summed E-state index contributed by atoms with van der Waals surface area (Å²) < 4.78 is 11.3. The van der Waals surface area contributed by atoms with Crippen LogP contribution in [0, 0.1) is 0 Å². The van der Waals surface area contributed by atoms with Gasteiger partial charge in [0.25, 0.3) is 0 Å². The van der Waals surface area contributed by atoms with Crippen LogP contribution in [0.25, 0.3) is 0 Å². The Labute approximate surface area is 120 Å². The van der Waals surface area contributed by atoms with Gasteiger partial charge in [-0.15, -0.1) is 5.10 Å². The number of aromatic nitrogens is 2. The molecule has 0 aliphatic heterocycles. The molecule has 0 amide bonds. The minimum Gasteiger partial charge on any atom is -0.406 e. The van der Waals surface area contributed by atoms with Crippen LogP contribution in [-0.4, -0.2) is 36.0 Å². The molecule has 1 aromatic rings. The summed E-state index contributed by atoms with van der Waals surface area (Å²) in [6, 6.07) is 0.563. The van der Waals surface area contributed by atoms with E-state index in [1.807, 2.05) is 6.92 Å². The fourth-order valence-corrected chi connectivity index (χ4v) is 2.37. The number of nitrogens with zero attached hydrogens (tertiary/aromatic N) is 2. The van der Waals surface area contributed by atoms with Crippen LogP contribution in [-0.2, 0) is 4.74 Å². The monoisotopic (exact) mass is 282 g/mol. The van der Waals surface area contributed by atoms with Crippen LogP contribution in [0.4, 0.5) is 6.01 Å². The van der Waals surface area contributed by atoms with E-state index in [9.17, 15) is 0 Å². The first-order valence-corrected chi connectivity index (χ1v) is 7.72. The molecule has 6 heteroatoms. The van der Waals surface area contributed by atoms with Gasteiger partial charge in [0.2, 0.25) is 5.89 Å². The summed E-state index contributed by atoms with van der Waals surface area (Å²) in [6.07, 6.45) is 6.54. The van der Waals surface area contributed by atoms with Crippen molar-refractivity contribution in [3.05, 3.63) is 5.89 Å². The Hall–Kier alpha value is -1.14. The summed E-state index contributed by atoms with van der Waals surface area (Å²) in [5.74, 6) is 0.623. The van der Waals surface area contributed by atoms with E-state index >= 15 is 0 Å². The molecule has 20 heavy (non-hydrogen) atoms. The summed E-state index contributed by atoms with van der Waals surface area (Å²) in [7, 11) is 0.